The lowest BCUT2D eigenvalue weighted by Gasteiger charge is -2.08. The Morgan fingerprint density at radius 2 is 1.64 bits per heavy atom. The molecule has 2 aliphatic heterocycles. The number of ether oxygens (including phenoxy) is 4. The molecule has 62 valence electrons. The Hall–Kier alpha value is -0.740. The van der Waals surface area contributed by atoms with E-state index in [-0.39, 0.29) is 12.2 Å². The number of fused-ring (bicyclic) bond motifs is 1. The molecule has 2 atom stereocenters. The quantitative estimate of drug-likeness (QED) is 0.506. The van der Waals surface area contributed by atoms with Gasteiger partial charge in [-0.05, 0) is 6.58 Å². The summed E-state index contributed by atoms with van der Waals surface area (Å²) in [6.07, 6.45) is 0.0171. The monoisotopic (exact) mass is 158 g/mol. The van der Waals surface area contributed by atoms with Crippen LogP contribution in [0, 0.1) is 0 Å². The summed E-state index contributed by atoms with van der Waals surface area (Å²) < 4.78 is 20.6. The summed E-state index contributed by atoms with van der Waals surface area (Å²) in [5.74, 6) is 0.353. The molecular weight excluding hydrogens is 148 g/mol. The van der Waals surface area contributed by atoms with Gasteiger partial charge in [0.05, 0.1) is 0 Å². The Morgan fingerprint density at radius 1 is 1.09 bits per heavy atom. The first kappa shape index (κ1) is 6.94. The Morgan fingerprint density at radius 3 is 2.18 bits per heavy atom. The molecule has 4 nitrogen and oxygen atoms in total. The van der Waals surface area contributed by atoms with Gasteiger partial charge in [0.2, 0.25) is 0 Å². The molecule has 2 saturated heterocycles. The summed E-state index contributed by atoms with van der Waals surface area (Å²) >= 11 is 0. The van der Waals surface area contributed by atoms with Crippen molar-refractivity contribution in [3.63, 3.8) is 0 Å². The lowest BCUT2D eigenvalue weighted by molar-refractivity contribution is -0.0226. The van der Waals surface area contributed by atoms with Gasteiger partial charge in [0, 0.05) is 0 Å². The minimum Gasteiger partial charge on any atom is -0.463 e. The predicted molar refractivity (Wildman–Crippen MR) is 35.7 cm³/mol. The second-order valence-corrected chi connectivity index (χ2v) is 2.52. The van der Waals surface area contributed by atoms with Gasteiger partial charge in [-0.2, -0.15) is 0 Å². The van der Waals surface area contributed by atoms with E-state index in [1.165, 1.54) is 0 Å². The molecule has 0 amide bonds. The van der Waals surface area contributed by atoms with Crippen molar-refractivity contribution in [1.29, 1.82) is 0 Å². The van der Waals surface area contributed by atoms with E-state index in [1.54, 1.807) is 0 Å². The number of hydrogen-bond acceptors (Lipinski definition) is 4. The van der Waals surface area contributed by atoms with Gasteiger partial charge < -0.3 is 18.9 Å². The van der Waals surface area contributed by atoms with E-state index in [1.807, 2.05) is 0 Å². The molecule has 0 aromatic carbocycles. The van der Waals surface area contributed by atoms with Crippen LogP contribution in [0.15, 0.2) is 12.5 Å². The van der Waals surface area contributed by atoms with E-state index in [2.05, 4.69) is 6.58 Å². The van der Waals surface area contributed by atoms with Crippen LogP contribution >= 0.6 is 0 Å². The van der Waals surface area contributed by atoms with Gasteiger partial charge in [-0.15, -0.1) is 0 Å². The highest BCUT2D eigenvalue weighted by molar-refractivity contribution is 4.82. The third-order valence-corrected chi connectivity index (χ3v) is 1.80. The van der Waals surface area contributed by atoms with Crippen LogP contribution in [0.1, 0.15) is 0 Å². The first-order valence-corrected chi connectivity index (χ1v) is 3.54. The van der Waals surface area contributed by atoms with Crippen molar-refractivity contribution in [2.75, 3.05) is 20.0 Å². The van der Waals surface area contributed by atoms with Crippen molar-refractivity contribution >= 4 is 0 Å². The molecule has 11 heavy (non-hydrogen) atoms. The summed E-state index contributed by atoms with van der Waals surface area (Å²) in [6, 6.07) is 0. The molecule has 0 aromatic rings. The highest BCUT2D eigenvalue weighted by Gasteiger charge is 2.33. The van der Waals surface area contributed by atoms with E-state index < -0.39 is 0 Å². The van der Waals surface area contributed by atoms with Crippen molar-refractivity contribution in [3.05, 3.63) is 12.5 Å². The Bertz CT molecular complexity index is 152. The van der Waals surface area contributed by atoms with E-state index >= 15 is 0 Å². The first-order valence-electron chi connectivity index (χ1n) is 3.54. The van der Waals surface area contributed by atoms with Gasteiger partial charge in [-0.1, -0.05) is 0 Å². The minimum atomic E-state index is 0.00856. The van der Waals surface area contributed by atoms with Crippen molar-refractivity contribution in [1.82, 2.24) is 0 Å². The molecule has 0 spiro atoms. The molecular formula is C7H10O4. The fourth-order valence-electron chi connectivity index (χ4n) is 1.13. The van der Waals surface area contributed by atoms with Crippen LogP contribution in [-0.2, 0) is 18.9 Å². The van der Waals surface area contributed by atoms with Crippen LogP contribution in [0.2, 0.25) is 0 Å². The maximum atomic E-state index is 5.22. The smallest absolute Gasteiger partial charge is 0.271 e. The highest BCUT2D eigenvalue weighted by atomic mass is 16.8. The molecule has 0 aromatic heterocycles. The highest BCUT2D eigenvalue weighted by Crippen LogP contribution is 2.18. The van der Waals surface area contributed by atoms with Crippen LogP contribution in [0.4, 0.5) is 0 Å². The molecule has 2 heterocycles. The molecule has 2 rings (SSSR count). The lowest BCUT2D eigenvalue weighted by Crippen LogP contribution is -2.27. The molecule has 0 aliphatic carbocycles. The molecule has 0 bridgehead atoms. The maximum Gasteiger partial charge on any atom is 0.271 e. The van der Waals surface area contributed by atoms with E-state index in [0.29, 0.717) is 26.0 Å². The normalized spacial score (nSPS) is 36.9. The fraction of sp³-hybridized carbons (Fsp3) is 0.714. The van der Waals surface area contributed by atoms with Gasteiger partial charge in [-0.25, -0.2) is 0 Å². The zero-order chi connectivity index (χ0) is 7.68. The Labute approximate surface area is 64.7 Å². The summed E-state index contributed by atoms with van der Waals surface area (Å²) in [7, 11) is 0. The zero-order valence-electron chi connectivity index (χ0n) is 6.12. The van der Waals surface area contributed by atoms with Crippen molar-refractivity contribution in [2.45, 2.75) is 12.2 Å². The van der Waals surface area contributed by atoms with Crippen molar-refractivity contribution < 1.29 is 18.9 Å². The van der Waals surface area contributed by atoms with Crippen molar-refractivity contribution in [2.24, 2.45) is 0 Å². The molecule has 0 N–H and O–H groups in total. The minimum absolute atomic E-state index is 0.00856. The number of rotatable bonds is 0. The SMILES string of the molecule is C=C1OCC2OCOC2CO1. The second kappa shape index (κ2) is 2.71. The average Bonchev–Trinajstić information content (AvgIpc) is 2.38. The number of hydrogen-bond donors (Lipinski definition) is 0. The van der Waals surface area contributed by atoms with Gasteiger partial charge >= 0.3 is 0 Å². The summed E-state index contributed by atoms with van der Waals surface area (Å²) in [5.41, 5.74) is 0. The fourth-order valence-corrected chi connectivity index (χ4v) is 1.13. The predicted octanol–water partition coefficient (Wildman–Crippen LogP) is 0.246. The second-order valence-electron chi connectivity index (χ2n) is 2.52. The summed E-state index contributed by atoms with van der Waals surface area (Å²) in [5, 5.41) is 0. The molecule has 0 radical (unpaired) electrons. The van der Waals surface area contributed by atoms with Gasteiger partial charge in [-0.3, -0.25) is 0 Å². The standard InChI is InChI=1S/C7H10O4/c1-5-8-2-6-7(3-9-5)11-4-10-6/h6-7H,1-4H2. The zero-order valence-corrected chi connectivity index (χ0v) is 6.12. The molecule has 2 aliphatic rings. The Balaban J connectivity index is 2.00. The molecule has 2 unspecified atom stereocenters. The van der Waals surface area contributed by atoms with E-state index in [0.717, 1.165) is 0 Å². The Kier molecular flexibility index (Phi) is 1.71. The average molecular weight is 158 g/mol. The summed E-state index contributed by atoms with van der Waals surface area (Å²) in [6.45, 7) is 4.84. The van der Waals surface area contributed by atoms with Crippen molar-refractivity contribution in [3.8, 4) is 0 Å². The van der Waals surface area contributed by atoms with Crippen LogP contribution in [0.3, 0.4) is 0 Å². The van der Waals surface area contributed by atoms with Gasteiger partial charge in [0.25, 0.3) is 5.95 Å². The van der Waals surface area contributed by atoms with Gasteiger partial charge in [0.1, 0.15) is 32.2 Å². The summed E-state index contributed by atoms with van der Waals surface area (Å²) in [4.78, 5) is 0. The topological polar surface area (TPSA) is 36.9 Å². The molecule has 2 fully saturated rings. The van der Waals surface area contributed by atoms with Crippen LogP contribution in [0.5, 0.6) is 0 Å². The largest absolute Gasteiger partial charge is 0.463 e. The molecule has 0 saturated carbocycles. The van der Waals surface area contributed by atoms with Crippen LogP contribution in [-0.4, -0.2) is 32.2 Å². The molecule has 4 heteroatoms. The van der Waals surface area contributed by atoms with E-state index in [4.69, 9.17) is 18.9 Å². The van der Waals surface area contributed by atoms with E-state index in [9.17, 15) is 0 Å². The van der Waals surface area contributed by atoms with Gasteiger partial charge in [0.15, 0.2) is 0 Å². The third kappa shape index (κ3) is 1.32. The van der Waals surface area contributed by atoms with Crippen LogP contribution < -0.4 is 0 Å². The van der Waals surface area contributed by atoms with Crippen LogP contribution in [0.25, 0.3) is 0 Å². The maximum absolute atomic E-state index is 5.22. The third-order valence-electron chi connectivity index (χ3n) is 1.80. The first-order chi connectivity index (χ1) is 5.36. The lowest BCUT2D eigenvalue weighted by atomic mass is 10.2.